The van der Waals surface area contributed by atoms with Gasteiger partial charge in [0, 0.05) is 11.5 Å². The van der Waals surface area contributed by atoms with Crippen LogP contribution in [0.3, 0.4) is 0 Å². The van der Waals surface area contributed by atoms with Crippen LogP contribution in [0.1, 0.15) is 52.0 Å². The van der Waals surface area contributed by atoms with Gasteiger partial charge in [-0.15, -0.1) is 0 Å². The monoisotopic (exact) mass is 271 g/mol. The molecule has 1 aromatic carbocycles. The number of aryl methyl sites for hydroxylation is 1. The molecule has 2 aromatic rings. The van der Waals surface area contributed by atoms with Crippen LogP contribution in [-0.4, -0.2) is 16.0 Å². The van der Waals surface area contributed by atoms with Crippen molar-refractivity contribution in [3.8, 4) is 0 Å². The Morgan fingerprint density at radius 3 is 2.95 bits per heavy atom. The third-order valence-electron chi connectivity index (χ3n) is 3.67. The maximum absolute atomic E-state index is 12.1. The molecular weight excluding hydrogens is 254 g/mol. The lowest BCUT2D eigenvalue weighted by atomic mass is 10.0. The Balaban J connectivity index is 1.64. The number of carbonyl (C=O) groups is 1. The number of hydrogen-bond acceptors (Lipinski definition) is 4. The highest BCUT2D eigenvalue weighted by Gasteiger charge is 2.29. The normalized spacial score (nSPS) is 14.3. The Labute approximate surface area is 117 Å². The molecule has 0 aliphatic heterocycles. The number of nitrogens with zero attached hydrogens (tertiary/aromatic N) is 2. The summed E-state index contributed by atoms with van der Waals surface area (Å²) in [5.74, 6) is 1.56. The van der Waals surface area contributed by atoms with Crippen molar-refractivity contribution in [1.82, 2.24) is 15.5 Å². The van der Waals surface area contributed by atoms with Gasteiger partial charge >= 0.3 is 0 Å². The molecule has 1 aromatic heterocycles. The van der Waals surface area contributed by atoms with E-state index in [1.165, 1.54) is 0 Å². The smallest absolute Gasteiger partial charge is 0.251 e. The fourth-order valence-electron chi connectivity index (χ4n) is 2.09. The predicted octanol–water partition coefficient (Wildman–Crippen LogP) is 2.49. The number of rotatable bonds is 4. The molecule has 3 rings (SSSR count). The summed E-state index contributed by atoms with van der Waals surface area (Å²) < 4.78 is 5.16. The van der Waals surface area contributed by atoms with Crippen molar-refractivity contribution in [3.05, 3.63) is 46.6 Å². The first-order valence-corrected chi connectivity index (χ1v) is 6.82. The van der Waals surface area contributed by atoms with Crippen LogP contribution in [0, 0.1) is 13.8 Å². The molecule has 1 heterocycles. The van der Waals surface area contributed by atoms with E-state index in [-0.39, 0.29) is 5.91 Å². The van der Waals surface area contributed by atoms with Crippen LogP contribution in [-0.2, 0) is 6.54 Å². The molecule has 1 fully saturated rings. The van der Waals surface area contributed by atoms with Gasteiger partial charge in [0.1, 0.15) is 0 Å². The van der Waals surface area contributed by atoms with E-state index in [2.05, 4.69) is 15.5 Å². The average molecular weight is 271 g/mol. The lowest BCUT2D eigenvalue weighted by molar-refractivity contribution is 0.0949. The minimum absolute atomic E-state index is 0.107. The summed E-state index contributed by atoms with van der Waals surface area (Å²) in [6, 6.07) is 5.70. The Hall–Kier alpha value is -2.17. The molecule has 5 nitrogen and oxygen atoms in total. The number of nitrogens with one attached hydrogen (secondary N) is 1. The van der Waals surface area contributed by atoms with E-state index >= 15 is 0 Å². The highest BCUT2D eigenvalue weighted by molar-refractivity contribution is 5.95. The second-order valence-corrected chi connectivity index (χ2v) is 5.25. The first-order chi connectivity index (χ1) is 9.65. The zero-order chi connectivity index (χ0) is 14.1. The van der Waals surface area contributed by atoms with Crippen LogP contribution in [0.25, 0.3) is 0 Å². The van der Waals surface area contributed by atoms with Gasteiger partial charge in [-0.2, -0.15) is 4.98 Å². The molecule has 1 aliphatic carbocycles. The molecule has 0 radical (unpaired) electrons. The minimum Gasteiger partial charge on any atom is -0.345 e. The summed E-state index contributed by atoms with van der Waals surface area (Å²) in [7, 11) is 0. The minimum atomic E-state index is -0.107. The maximum Gasteiger partial charge on any atom is 0.251 e. The van der Waals surface area contributed by atoms with Crippen molar-refractivity contribution in [2.45, 2.75) is 39.2 Å². The lowest BCUT2D eigenvalue weighted by Gasteiger charge is -2.07. The average Bonchev–Trinajstić information content (AvgIpc) is 3.18. The van der Waals surface area contributed by atoms with Crippen molar-refractivity contribution in [2.75, 3.05) is 0 Å². The quantitative estimate of drug-likeness (QED) is 0.927. The zero-order valence-electron chi connectivity index (χ0n) is 11.6. The van der Waals surface area contributed by atoms with Crippen LogP contribution < -0.4 is 5.32 Å². The third kappa shape index (κ3) is 2.57. The van der Waals surface area contributed by atoms with E-state index in [1.807, 2.05) is 32.0 Å². The summed E-state index contributed by atoms with van der Waals surface area (Å²) in [5, 5.41) is 6.71. The summed E-state index contributed by atoms with van der Waals surface area (Å²) >= 11 is 0. The Kier molecular flexibility index (Phi) is 3.26. The van der Waals surface area contributed by atoms with Crippen molar-refractivity contribution in [1.29, 1.82) is 0 Å². The number of carbonyl (C=O) groups excluding carboxylic acids is 1. The van der Waals surface area contributed by atoms with Crippen LogP contribution in [0.15, 0.2) is 22.7 Å². The number of hydrogen-bond donors (Lipinski definition) is 1. The summed E-state index contributed by atoms with van der Waals surface area (Å²) in [6.45, 7) is 4.24. The van der Waals surface area contributed by atoms with Crippen LogP contribution in [0.5, 0.6) is 0 Å². The topological polar surface area (TPSA) is 68.0 Å². The molecule has 104 valence electrons. The largest absolute Gasteiger partial charge is 0.345 e. The molecule has 1 N–H and O–H groups in total. The molecular formula is C15H17N3O2. The van der Waals surface area contributed by atoms with Gasteiger partial charge in [0.25, 0.3) is 5.91 Å². The first-order valence-electron chi connectivity index (χ1n) is 6.82. The molecule has 1 saturated carbocycles. The predicted molar refractivity (Wildman–Crippen MR) is 73.4 cm³/mol. The molecule has 0 unspecified atom stereocenters. The Bertz CT molecular complexity index is 644. The highest BCUT2D eigenvalue weighted by atomic mass is 16.5. The van der Waals surface area contributed by atoms with Gasteiger partial charge in [-0.1, -0.05) is 17.3 Å². The van der Waals surface area contributed by atoms with Gasteiger partial charge in [0.15, 0.2) is 5.82 Å². The second kappa shape index (κ2) is 5.07. The Morgan fingerprint density at radius 2 is 2.20 bits per heavy atom. The molecule has 0 bridgehead atoms. The summed E-state index contributed by atoms with van der Waals surface area (Å²) in [6.07, 6.45) is 2.24. The van der Waals surface area contributed by atoms with Gasteiger partial charge < -0.3 is 9.84 Å². The zero-order valence-corrected chi connectivity index (χ0v) is 11.6. The van der Waals surface area contributed by atoms with Crippen LogP contribution >= 0.6 is 0 Å². The van der Waals surface area contributed by atoms with E-state index in [0.717, 1.165) is 24.0 Å². The van der Waals surface area contributed by atoms with Crippen molar-refractivity contribution in [2.24, 2.45) is 0 Å². The molecule has 0 spiro atoms. The molecule has 20 heavy (non-hydrogen) atoms. The molecule has 0 saturated heterocycles. The van der Waals surface area contributed by atoms with Gasteiger partial charge in [0.2, 0.25) is 5.89 Å². The number of amides is 1. The van der Waals surface area contributed by atoms with E-state index in [4.69, 9.17) is 4.52 Å². The van der Waals surface area contributed by atoms with Crippen molar-refractivity contribution in [3.63, 3.8) is 0 Å². The number of aromatic nitrogens is 2. The second-order valence-electron chi connectivity index (χ2n) is 5.25. The van der Waals surface area contributed by atoms with Crippen molar-refractivity contribution < 1.29 is 9.32 Å². The molecule has 1 aliphatic rings. The van der Waals surface area contributed by atoms with E-state index in [1.54, 1.807) is 0 Å². The summed E-state index contributed by atoms with van der Waals surface area (Å²) in [4.78, 5) is 16.4. The fraction of sp³-hybridized carbons (Fsp3) is 0.400. The Morgan fingerprint density at radius 1 is 1.40 bits per heavy atom. The number of benzene rings is 1. The van der Waals surface area contributed by atoms with E-state index in [9.17, 15) is 4.79 Å². The lowest BCUT2D eigenvalue weighted by Crippen LogP contribution is -2.24. The van der Waals surface area contributed by atoms with Gasteiger partial charge in [-0.25, -0.2) is 0 Å². The first kappa shape index (κ1) is 12.8. The highest BCUT2D eigenvalue weighted by Crippen LogP contribution is 2.38. The van der Waals surface area contributed by atoms with Crippen molar-refractivity contribution >= 4 is 5.91 Å². The SMILES string of the molecule is Cc1cccc(C(=O)NCc2noc(C3CC3)n2)c1C. The molecule has 5 heteroatoms. The van der Waals surface area contributed by atoms with Crippen LogP contribution in [0.4, 0.5) is 0 Å². The van der Waals surface area contributed by atoms with Gasteiger partial charge in [0.05, 0.1) is 6.54 Å². The fourth-order valence-corrected chi connectivity index (χ4v) is 2.09. The summed E-state index contributed by atoms with van der Waals surface area (Å²) in [5.41, 5.74) is 2.79. The maximum atomic E-state index is 12.1. The molecule has 1 amide bonds. The third-order valence-corrected chi connectivity index (χ3v) is 3.67. The van der Waals surface area contributed by atoms with E-state index in [0.29, 0.717) is 29.7 Å². The standard InChI is InChI=1S/C15H17N3O2/c1-9-4-3-5-12(10(9)2)14(19)16-8-13-17-15(20-18-13)11-6-7-11/h3-5,11H,6-8H2,1-2H3,(H,16,19). The van der Waals surface area contributed by atoms with E-state index < -0.39 is 0 Å². The van der Waals surface area contributed by atoms with Gasteiger partial charge in [-0.3, -0.25) is 4.79 Å². The van der Waals surface area contributed by atoms with Crippen LogP contribution in [0.2, 0.25) is 0 Å². The molecule has 0 atom stereocenters. The van der Waals surface area contributed by atoms with Gasteiger partial charge in [-0.05, 0) is 43.9 Å².